The minimum Gasteiger partial charge on any atom is -0.393 e. The number of hydrogen-bond acceptors (Lipinski definition) is 4. The summed E-state index contributed by atoms with van der Waals surface area (Å²) < 4.78 is 2.23. The van der Waals surface area contributed by atoms with Gasteiger partial charge in [-0.25, -0.2) is 4.98 Å². The molecule has 29 heavy (non-hydrogen) atoms. The summed E-state index contributed by atoms with van der Waals surface area (Å²) in [5, 5.41) is 14.5. The van der Waals surface area contributed by atoms with Crippen LogP contribution in [-0.2, 0) is 0 Å². The molecule has 5 nitrogen and oxygen atoms in total. The van der Waals surface area contributed by atoms with Gasteiger partial charge < -0.3 is 15.0 Å². The van der Waals surface area contributed by atoms with E-state index in [1.165, 1.54) is 16.8 Å². The smallest absolute Gasteiger partial charge is 0.0956 e. The number of likely N-dealkylation sites (tertiary alicyclic amines) is 1. The molecule has 1 fully saturated rings. The van der Waals surface area contributed by atoms with Crippen LogP contribution in [0.3, 0.4) is 0 Å². The van der Waals surface area contributed by atoms with Crippen molar-refractivity contribution in [2.24, 2.45) is 5.92 Å². The van der Waals surface area contributed by atoms with Crippen LogP contribution in [-0.4, -0.2) is 45.4 Å². The van der Waals surface area contributed by atoms with Crippen LogP contribution in [0.1, 0.15) is 30.9 Å². The number of nitrogens with one attached hydrogen (secondary N) is 1. The van der Waals surface area contributed by atoms with Gasteiger partial charge in [0.2, 0.25) is 0 Å². The molecule has 5 rings (SSSR count). The number of piperidine rings is 1. The van der Waals surface area contributed by atoms with Gasteiger partial charge in [-0.15, -0.1) is 0 Å². The summed E-state index contributed by atoms with van der Waals surface area (Å²) >= 11 is 0. The van der Waals surface area contributed by atoms with Crippen LogP contribution >= 0.6 is 0 Å². The summed E-state index contributed by atoms with van der Waals surface area (Å²) in [7, 11) is 0. The maximum Gasteiger partial charge on any atom is 0.0956 e. The first-order valence-corrected chi connectivity index (χ1v) is 10.6. The molecular formula is C24H28N4O. The fraction of sp³-hybridized carbons (Fsp3) is 0.375. The Hall–Kier alpha value is -2.63. The zero-order chi connectivity index (χ0) is 19.6. The fourth-order valence-corrected chi connectivity index (χ4v) is 4.85. The monoisotopic (exact) mass is 388 g/mol. The highest BCUT2D eigenvalue weighted by Gasteiger charge is 2.33. The van der Waals surface area contributed by atoms with E-state index >= 15 is 0 Å². The number of aliphatic hydroxyl groups excluding tert-OH is 1. The number of fused-ring (bicyclic) bond motifs is 3. The number of para-hydroxylation sites is 1. The fourth-order valence-electron chi connectivity index (χ4n) is 4.85. The molecule has 5 heteroatoms. The van der Waals surface area contributed by atoms with E-state index in [0.29, 0.717) is 5.92 Å². The highest BCUT2D eigenvalue weighted by molar-refractivity contribution is 5.68. The van der Waals surface area contributed by atoms with Crippen LogP contribution in [0.2, 0.25) is 0 Å². The molecular weight excluding hydrogens is 360 g/mol. The minimum atomic E-state index is -0.286. The highest BCUT2D eigenvalue weighted by atomic mass is 16.3. The average molecular weight is 389 g/mol. The van der Waals surface area contributed by atoms with Crippen LogP contribution in [0.4, 0.5) is 5.69 Å². The molecule has 3 aromatic rings. The Kier molecular flexibility index (Phi) is 5.08. The number of anilines is 1. The van der Waals surface area contributed by atoms with Crippen molar-refractivity contribution in [1.82, 2.24) is 14.5 Å². The number of rotatable bonds is 6. The lowest BCUT2D eigenvalue weighted by Gasteiger charge is -2.35. The SMILES string of the molecule is O[C@H](C[C@@H]1c2ccccc2-c2cncn21)C1CCN(CNc2ccccc2)CC1. The average Bonchev–Trinajstić information content (AvgIpc) is 3.36. The quantitative estimate of drug-likeness (QED) is 0.671. The van der Waals surface area contributed by atoms with Gasteiger partial charge in [0.05, 0.1) is 37.0 Å². The van der Waals surface area contributed by atoms with Crippen LogP contribution in [0.25, 0.3) is 11.3 Å². The zero-order valence-electron chi connectivity index (χ0n) is 16.6. The Labute approximate surface area is 172 Å². The second kappa shape index (κ2) is 8.01. The molecule has 150 valence electrons. The Morgan fingerprint density at radius 2 is 1.79 bits per heavy atom. The normalized spacial score (nSPS) is 20.2. The minimum absolute atomic E-state index is 0.191. The van der Waals surface area contributed by atoms with Gasteiger partial charge in [-0.3, -0.25) is 4.90 Å². The van der Waals surface area contributed by atoms with Gasteiger partial charge in [0.25, 0.3) is 0 Å². The van der Waals surface area contributed by atoms with E-state index in [1.54, 1.807) is 0 Å². The standard InChI is InChI=1S/C24H28N4O/c29-24(14-22-20-8-4-5-9-21(20)23-15-25-16-28(22)23)18-10-12-27(13-11-18)17-26-19-6-2-1-3-7-19/h1-9,15-16,18,22,24,26,29H,10-14,17H2/t22-,24-/m1/s1. The first-order valence-electron chi connectivity index (χ1n) is 10.6. The summed E-state index contributed by atoms with van der Waals surface area (Å²) in [6.07, 6.45) is 6.40. The van der Waals surface area contributed by atoms with Crippen molar-refractivity contribution < 1.29 is 5.11 Å². The Morgan fingerprint density at radius 3 is 2.62 bits per heavy atom. The van der Waals surface area contributed by atoms with E-state index < -0.39 is 0 Å². The van der Waals surface area contributed by atoms with E-state index in [0.717, 1.165) is 44.7 Å². The molecule has 0 saturated carbocycles. The molecule has 0 amide bonds. The van der Waals surface area contributed by atoms with E-state index in [-0.39, 0.29) is 12.1 Å². The topological polar surface area (TPSA) is 53.3 Å². The van der Waals surface area contributed by atoms with Gasteiger partial charge >= 0.3 is 0 Å². The maximum absolute atomic E-state index is 11.0. The van der Waals surface area contributed by atoms with Gasteiger partial charge in [-0.05, 0) is 42.9 Å². The van der Waals surface area contributed by atoms with Crippen LogP contribution < -0.4 is 5.32 Å². The maximum atomic E-state index is 11.0. The molecule has 0 unspecified atom stereocenters. The molecule has 1 aromatic heterocycles. The number of aliphatic hydroxyl groups is 1. The molecule has 2 N–H and O–H groups in total. The van der Waals surface area contributed by atoms with E-state index in [1.807, 2.05) is 18.6 Å². The lowest BCUT2D eigenvalue weighted by Crippen LogP contribution is -2.40. The first-order chi connectivity index (χ1) is 14.3. The third kappa shape index (κ3) is 3.68. The Balaban J connectivity index is 1.17. The van der Waals surface area contributed by atoms with Crippen LogP contribution in [0, 0.1) is 5.92 Å². The van der Waals surface area contributed by atoms with E-state index in [4.69, 9.17) is 0 Å². The summed E-state index contributed by atoms with van der Waals surface area (Å²) in [5.74, 6) is 0.364. The molecule has 2 aliphatic heterocycles. The Morgan fingerprint density at radius 1 is 1.03 bits per heavy atom. The number of hydrogen-bond donors (Lipinski definition) is 2. The number of benzene rings is 2. The molecule has 0 aliphatic carbocycles. The molecule has 2 atom stereocenters. The van der Waals surface area contributed by atoms with Gasteiger partial charge in [-0.2, -0.15) is 0 Å². The lowest BCUT2D eigenvalue weighted by molar-refractivity contribution is 0.0488. The number of imidazole rings is 1. The largest absolute Gasteiger partial charge is 0.393 e. The molecule has 2 aliphatic rings. The van der Waals surface area contributed by atoms with Crippen molar-refractivity contribution in [3.63, 3.8) is 0 Å². The summed E-state index contributed by atoms with van der Waals surface area (Å²) in [4.78, 5) is 6.78. The van der Waals surface area contributed by atoms with E-state index in [9.17, 15) is 5.11 Å². The second-order valence-corrected chi connectivity index (χ2v) is 8.25. The van der Waals surface area contributed by atoms with Crippen molar-refractivity contribution >= 4 is 5.69 Å². The summed E-state index contributed by atoms with van der Waals surface area (Å²) in [5.41, 5.74) is 4.89. The predicted octanol–water partition coefficient (Wildman–Crippen LogP) is 3.99. The van der Waals surface area contributed by atoms with Crippen molar-refractivity contribution in [2.75, 3.05) is 25.1 Å². The molecule has 1 saturated heterocycles. The predicted molar refractivity (Wildman–Crippen MR) is 116 cm³/mol. The van der Waals surface area contributed by atoms with E-state index in [2.05, 4.69) is 68.3 Å². The summed E-state index contributed by atoms with van der Waals surface area (Å²) in [6, 6.07) is 19.1. The third-order valence-corrected chi connectivity index (χ3v) is 6.52. The van der Waals surface area contributed by atoms with Crippen molar-refractivity contribution in [3.05, 3.63) is 72.7 Å². The second-order valence-electron chi connectivity index (χ2n) is 8.25. The molecule has 2 aromatic carbocycles. The zero-order valence-corrected chi connectivity index (χ0v) is 16.6. The Bertz CT molecular complexity index is 946. The van der Waals surface area contributed by atoms with Gasteiger partial charge in [-0.1, -0.05) is 42.5 Å². The molecule has 0 radical (unpaired) electrons. The number of aromatic nitrogens is 2. The van der Waals surface area contributed by atoms with Gasteiger partial charge in [0.15, 0.2) is 0 Å². The molecule has 0 bridgehead atoms. The van der Waals surface area contributed by atoms with Crippen LogP contribution in [0.5, 0.6) is 0 Å². The first kappa shape index (κ1) is 18.4. The highest BCUT2D eigenvalue weighted by Crippen LogP contribution is 2.42. The third-order valence-electron chi connectivity index (χ3n) is 6.52. The van der Waals surface area contributed by atoms with Gasteiger partial charge in [0.1, 0.15) is 0 Å². The molecule has 0 spiro atoms. The molecule has 3 heterocycles. The number of nitrogens with zero attached hydrogens (tertiary/aromatic N) is 3. The van der Waals surface area contributed by atoms with Crippen molar-refractivity contribution in [3.8, 4) is 11.3 Å². The summed E-state index contributed by atoms with van der Waals surface area (Å²) in [6.45, 7) is 2.92. The van der Waals surface area contributed by atoms with Crippen LogP contribution in [0.15, 0.2) is 67.1 Å². The van der Waals surface area contributed by atoms with Crippen molar-refractivity contribution in [1.29, 1.82) is 0 Å². The lowest BCUT2D eigenvalue weighted by atomic mass is 9.86. The van der Waals surface area contributed by atoms with Crippen molar-refractivity contribution in [2.45, 2.75) is 31.4 Å². The van der Waals surface area contributed by atoms with Gasteiger partial charge in [0, 0.05) is 24.3 Å².